The smallest absolute Gasteiger partial charge is 0.175 e. The molecule has 174 valence electrons. The number of hydrogen-bond acceptors (Lipinski definition) is 4. The summed E-state index contributed by atoms with van der Waals surface area (Å²) in [7, 11) is -3.28. The van der Waals surface area contributed by atoms with Gasteiger partial charge in [-0.1, -0.05) is 60.8 Å². The maximum atomic E-state index is 12.0. The molecule has 0 spiro atoms. The third-order valence-electron chi connectivity index (χ3n) is 6.47. The number of aromatic nitrogens is 2. The number of hydrogen-bond donors (Lipinski definition) is 1. The maximum absolute atomic E-state index is 12.0. The molecule has 0 bridgehead atoms. The second kappa shape index (κ2) is 8.69. The van der Waals surface area contributed by atoms with Crippen LogP contribution in [0.5, 0.6) is 0 Å². The molecule has 1 heterocycles. The minimum Gasteiger partial charge on any atom is -0.383 e. The lowest BCUT2D eigenvalue weighted by molar-refractivity contribution is 0.0404. The summed E-state index contributed by atoms with van der Waals surface area (Å²) in [5.74, 6) is 0.674. The molecule has 5 nitrogen and oxygen atoms in total. The van der Waals surface area contributed by atoms with Crippen molar-refractivity contribution in [3.8, 4) is 28.2 Å². The summed E-state index contributed by atoms with van der Waals surface area (Å²) in [5.41, 5.74) is 3.13. The standard InChI is InChI=1S/C27H25ClN2O3S/c1-34(32,33)22-8-6-7-20(17-22)19-11-13-21(14-12-19)30-18-25(27(31)15-4-5-16-27)29-26(30)23-9-2-3-10-24(23)28/h2-3,6-14,17-18,31H,4-5,15-16H2,1H3. The lowest BCUT2D eigenvalue weighted by Crippen LogP contribution is -2.21. The van der Waals surface area contributed by atoms with Crippen molar-refractivity contribution in [1.29, 1.82) is 0 Å². The molecule has 1 saturated carbocycles. The Morgan fingerprint density at radius 2 is 1.65 bits per heavy atom. The van der Waals surface area contributed by atoms with Gasteiger partial charge in [-0.25, -0.2) is 13.4 Å². The van der Waals surface area contributed by atoms with Crippen molar-refractivity contribution in [2.75, 3.05) is 6.26 Å². The van der Waals surface area contributed by atoms with Gasteiger partial charge in [-0.05, 0) is 60.4 Å². The molecule has 1 N–H and O–H groups in total. The van der Waals surface area contributed by atoms with Gasteiger partial charge in [0, 0.05) is 23.7 Å². The van der Waals surface area contributed by atoms with Gasteiger partial charge < -0.3 is 5.11 Å². The molecule has 0 amide bonds. The van der Waals surface area contributed by atoms with Crippen LogP contribution in [0.4, 0.5) is 0 Å². The molecule has 34 heavy (non-hydrogen) atoms. The molecule has 1 aromatic heterocycles. The van der Waals surface area contributed by atoms with Gasteiger partial charge in [0.25, 0.3) is 0 Å². The Morgan fingerprint density at radius 1 is 0.941 bits per heavy atom. The first kappa shape index (κ1) is 22.8. The first-order chi connectivity index (χ1) is 16.2. The zero-order valence-corrected chi connectivity index (χ0v) is 20.4. The van der Waals surface area contributed by atoms with E-state index in [1.54, 1.807) is 18.2 Å². The van der Waals surface area contributed by atoms with Crippen molar-refractivity contribution in [2.45, 2.75) is 36.2 Å². The van der Waals surface area contributed by atoms with Crippen LogP contribution in [-0.4, -0.2) is 29.3 Å². The van der Waals surface area contributed by atoms with Crippen LogP contribution in [0.25, 0.3) is 28.2 Å². The Bertz CT molecular complexity index is 1450. The Hall–Kier alpha value is -2.93. The Morgan fingerprint density at radius 3 is 2.32 bits per heavy atom. The predicted octanol–water partition coefficient (Wildman–Crippen LogP) is 6.02. The van der Waals surface area contributed by atoms with Crippen molar-refractivity contribution >= 4 is 21.4 Å². The average molecular weight is 493 g/mol. The van der Waals surface area contributed by atoms with Crippen molar-refractivity contribution in [2.24, 2.45) is 0 Å². The zero-order valence-electron chi connectivity index (χ0n) is 18.8. The quantitative estimate of drug-likeness (QED) is 0.369. The van der Waals surface area contributed by atoms with E-state index < -0.39 is 15.4 Å². The summed E-state index contributed by atoms with van der Waals surface area (Å²) in [6.45, 7) is 0. The number of sulfone groups is 1. The van der Waals surface area contributed by atoms with Gasteiger partial charge in [-0.15, -0.1) is 0 Å². The minimum absolute atomic E-state index is 0.291. The van der Waals surface area contributed by atoms with Crippen molar-refractivity contribution in [3.05, 3.63) is 89.7 Å². The average Bonchev–Trinajstić information content (AvgIpc) is 3.47. The number of benzene rings is 3. The normalized spacial score (nSPS) is 15.5. The highest BCUT2D eigenvalue weighted by atomic mass is 35.5. The molecule has 0 radical (unpaired) electrons. The monoisotopic (exact) mass is 492 g/mol. The third kappa shape index (κ3) is 4.29. The van der Waals surface area contributed by atoms with E-state index in [2.05, 4.69) is 0 Å². The van der Waals surface area contributed by atoms with E-state index in [0.717, 1.165) is 35.2 Å². The molecule has 5 rings (SSSR count). The van der Waals surface area contributed by atoms with E-state index in [4.69, 9.17) is 16.6 Å². The van der Waals surface area contributed by atoms with E-state index in [0.29, 0.717) is 34.3 Å². The van der Waals surface area contributed by atoms with E-state index in [-0.39, 0.29) is 0 Å². The molecule has 0 aliphatic heterocycles. The van der Waals surface area contributed by atoms with Gasteiger partial charge in [0.05, 0.1) is 15.6 Å². The molecule has 0 atom stereocenters. The summed E-state index contributed by atoms with van der Waals surface area (Å²) in [6.07, 6.45) is 6.46. The van der Waals surface area contributed by atoms with Crippen LogP contribution in [0.3, 0.4) is 0 Å². The molecule has 7 heteroatoms. The van der Waals surface area contributed by atoms with Crippen LogP contribution >= 0.6 is 11.6 Å². The molecule has 4 aromatic rings. The number of imidazole rings is 1. The predicted molar refractivity (Wildman–Crippen MR) is 135 cm³/mol. The molecular weight excluding hydrogens is 468 g/mol. The Kier molecular flexibility index (Phi) is 5.84. The van der Waals surface area contributed by atoms with Crippen LogP contribution in [0, 0.1) is 0 Å². The zero-order chi connectivity index (χ0) is 23.9. The van der Waals surface area contributed by atoms with E-state index >= 15 is 0 Å². The van der Waals surface area contributed by atoms with Crippen LogP contribution in [0.15, 0.2) is 83.9 Å². The molecule has 0 unspecified atom stereocenters. The lowest BCUT2D eigenvalue weighted by atomic mass is 9.99. The van der Waals surface area contributed by atoms with Gasteiger partial charge >= 0.3 is 0 Å². The summed E-state index contributed by atoms with van der Waals surface area (Å²) in [6, 6.07) is 22.3. The number of rotatable bonds is 5. The molecular formula is C27H25ClN2O3S. The van der Waals surface area contributed by atoms with E-state index in [1.807, 2.05) is 65.4 Å². The summed E-state index contributed by atoms with van der Waals surface area (Å²) < 4.78 is 25.9. The van der Waals surface area contributed by atoms with Crippen molar-refractivity contribution in [1.82, 2.24) is 9.55 Å². The van der Waals surface area contributed by atoms with Crippen LogP contribution in [0.2, 0.25) is 5.02 Å². The first-order valence-corrected chi connectivity index (χ1v) is 13.5. The summed E-state index contributed by atoms with van der Waals surface area (Å²) in [4.78, 5) is 5.14. The fraction of sp³-hybridized carbons (Fsp3) is 0.222. The van der Waals surface area contributed by atoms with Crippen LogP contribution in [0.1, 0.15) is 31.4 Å². The number of halogens is 1. The molecule has 1 fully saturated rings. The highest BCUT2D eigenvalue weighted by Crippen LogP contribution is 2.40. The lowest BCUT2D eigenvalue weighted by Gasteiger charge is -2.18. The fourth-order valence-electron chi connectivity index (χ4n) is 4.57. The topological polar surface area (TPSA) is 72.2 Å². The van der Waals surface area contributed by atoms with Gasteiger partial charge in [-0.3, -0.25) is 4.57 Å². The Labute approximate surface area is 204 Å². The highest BCUT2D eigenvalue weighted by Gasteiger charge is 2.36. The second-order valence-corrected chi connectivity index (χ2v) is 11.3. The maximum Gasteiger partial charge on any atom is 0.175 e. The van der Waals surface area contributed by atoms with Crippen molar-refractivity contribution in [3.63, 3.8) is 0 Å². The molecule has 3 aromatic carbocycles. The van der Waals surface area contributed by atoms with Gasteiger partial charge in [-0.2, -0.15) is 0 Å². The molecule has 1 aliphatic rings. The van der Waals surface area contributed by atoms with Gasteiger partial charge in [0.15, 0.2) is 9.84 Å². The fourth-order valence-corrected chi connectivity index (χ4v) is 5.46. The molecule has 0 saturated heterocycles. The summed E-state index contributed by atoms with van der Waals surface area (Å²) in [5, 5.41) is 11.8. The SMILES string of the molecule is CS(=O)(=O)c1cccc(-c2ccc(-n3cc(C4(O)CCCC4)nc3-c3ccccc3Cl)cc2)c1. The number of aliphatic hydroxyl groups is 1. The number of nitrogens with zero attached hydrogens (tertiary/aromatic N) is 2. The summed E-state index contributed by atoms with van der Waals surface area (Å²) >= 11 is 6.51. The molecule has 1 aliphatic carbocycles. The van der Waals surface area contributed by atoms with Gasteiger partial charge in [0.1, 0.15) is 11.4 Å². The van der Waals surface area contributed by atoms with Crippen LogP contribution < -0.4 is 0 Å². The van der Waals surface area contributed by atoms with Crippen LogP contribution in [-0.2, 0) is 15.4 Å². The second-order valence-electron chi connectivity index (χ2n) is 8.89. The first-order valence-electron chi connectivity index (χ1n) is 11.2. The van der Waals surface area contributed by atoms with E-state index in [1.165, 1.54) is 6.26 Å². The van der Waals surface area contributed by atoms with Crippen molar-refractivity contribution < 1.29 is 13.5 Å². The highest BCUT2D eigenvalue weighted by molar-refractivity contribution is 7.90. The third-order valence-corrected chi connectivity index (χ3v) is 7.91. The largest absolute Gasteiger partial charge is 0.383 e. The minimum atomic E-state index is -3.28. The Balaban J connectivity index is 1.58. The van der Waals surface area contributed by atoms with Gasteiger partial charge in [0.2, 0.25) is 0 Å². The van der Waals surface area contributed by atoms with E-state index in [9.17, 15) is 13.5 Å².